The van der Waals surface area contributed by atoms with E-state index < -0.39 is 0 Å². The van der Waals surface area contributed by atoms with E-state index in [1.54, 1.807) is 0 Å². The van der Waals surface area contributed by atoms with Crippen LogP contribution in [-0.4, -0.2) is 16.9 Å². The van der Waals surface area contributed by atoms with E-state index >= 15 is 0 Å². The Morgan fingerprint density at radius 2 is 1.57 bits per heavy atom. The molecule has 120 valence electrons. The third kappa shape index (κ3) is 4.33. The first-order valence-corrected chi connectivity index (χ1v) is 8.02. The smallest absolute Gasteiger partial charge is 0.168 e. The predicted octanol–water partition coefficient (Wildman–Crippen LogP) is 4.13. The van der Waals surface area contributed by atoms with Crippen molar-refractivity contribution < 1.29 is 9.68 Å². The van der Waals surface area contributed by atoms with Crippen molar-refractivity contribution in [1.82, 2.24) is 5.06 Å². The molecule has 2 aromatic rings. The summed E-state index contributed by atoms with van der Waals surface area (Å²) < 4.78 is 0. The average Bonchev–Trinajstić information content (AvgIpc) is 2.95. The third-order valence-corrected chi connectivity index (χ3v) is 3.90. The molecule has 0 radical (unpaired) electrons. The van der Waals surface area contributed by atoms with Gasteiger partial charge in [-0.15, -0.1) is 0 Å². The molecule has 0 spiro atoms. The van der Waals surface area contributed by atoms with Crippen LogP contribution in [0.4, 0.5) is 0 Å². The summed E-state index contributed by atoms with van der Waals surface area (Å²) in [4.78, 5) is 11.4. The van der Waals surface area contributed by atoms with Gasteiger partial charge in [0.2, 0.25) is 0 Å². The molecule has 1 unspecified atom stereocenters. The van der Waals surface area contributed by atoms with Crippen molar-refractivity contribution in [2.24, 2.45) is 5.16 Å². The topological polar surface area (TPSA) is 34.1 Å². The minimum Gasteiger partial charge on any atom is -0.389 e. The third-order valence-electron chi connectivity index (χ3n) is 3.90. The Kier molecular flexibility index (Phi) is 5.27. The normalized spacial score (nSPS) is 19.3. The first-order chi connectivity index (χ1) is 11.3. The molecule has 0 bridgehead atoms. The minimum absolute atomic E-state index is 0.317. The summed E-state index contributed by atoms with van der Waals surface area (Å²) in [6, 6.07) is 20.5. The van der Waals surface area contributed by atoms with Crippen LogP contribution in [0.5, 0.6) is 0 Å². The molecule has 2 aromatic carbocycles. The Bertz CT molecular complexity index is 628. The summed E-state index contributed by atoms with van der Waals surface area (Å²) in [5.41, 5.74) is 2.26. The van der Waals surface area contributed by atoms with E-state index in [1.807, 2.05) is 53.6 Å². The van der Waals surface area contributed by atoms with Gasteiger partial charge in [0.25, 0.3) is 0 Å². The summed E-state index contributed by atoms with van der Waals surface area (Å²) in [6.07, 6.45) is 1.91. The number of oxime groups is 1. The summed E-state index contributed by atoms with van der Waals surface area (Å²) in [6.45, 7) is 3.17. The maximum Gasteiger partial charge on any atom is 0.168 e. The fraction of sp³-hybridized carbons (Fsp3) is 0.316. The van der Waals surface area contributed by atoms with Gasteiger partial charge in [-0.3, -0.25) is 4.84 Å². The van der Waals surface area contributed by atoms with E-state index in [0.717, 1.165) is 29.8 Å². The zero-order valence-electron chi connectivity index (χ0n) is 13.4. The molecular weight excluding hydrogens is 288 g/mol. The molecule has 1 aliphatic rings. The molecule has 0 amide bonds. The fourth-order valence-corrected chi connectivity index (χ4v) is 2.58. The van der Waals surface area contributed by atoms with Crippen LogP contribution in [0.25, 0.3) is 0 Å². The van der Waals surface area contributed by atoms with Crippen LogP contribution in [0.1, 0.15) is 30.9 Å². The Balaban J connectivity index is 1.56. The van der Waals surface area contributed by atoms with Crippen molar-refractivity contribution in [2.75, 3.05) is 0 Å². The maximum atomic E-state index is 5.94. The monoisotopic (exact) mass is 310 g/mol. The molecule has 23 heavy (non-hydrogen) atoms. The Morgan fingerprint density at radius 1 is 0.957 bits per heavy atom. The second-order valence-electron chi connectivity index (χ2n) is 5.74. The van der Waals surface area contributed by atoms with Crippen molar-refractivity contribution in [3.8, 4) is 0 Å². The molecule has 1 aliphatic heterocycles. The van der Waals surface area contributed by atoms with Crippen LogP contribution in [-0.2, 0) is 22.9 Å². The Hall–Kier alpha value is -2.33. The van der Waals surface area contributed by atoms with Gasteiger partial charge in [-0.05, 0) is 24.5 Å². The number of hydroxylamine groups is 2. The number of hydrogen-bond donors (Lipinski definition) is 0. The highest BCUT2D eigenvalue weighted by molar-refractivity contribution is 5.83. The minimum atomic E-state index is 0.317. The van der Waals surface area contributed by atoms with Gasteiger partial charge < -0.3 is 4.84 Å². The predicted molar refractivity (Wildman–Crippen MR) is 90.4 cm³/mol. The van der Waals surface area contributed by atoms with Crippen LogP contribution in [0.15, 0.2) is 65.8 Å². The van der Waals surface area contributed by atoms with Crippen LogP contribution in [0.2, 0.25) is 0 Å². The molecule has 1 fully saturated rings. The van der Waals surface area contributed by atoms with Gasteiger partial charge >= 0.3 is 0 Å². The number of nitrogens with zero attached hydrogens (tertiary/aromatic N) is 2. The molecule has 0 saturated carbocycles. The molecular formula is C19H22N2O2. The molecule has 0 aromatic heterocycles. The van der Waals surface area contributed by atoms with Gasteiger partial charge in [-0.25, -0.2) is 5.06 Å². The first-order valence-electron chi connectivity index (χ1n) is 8.02. The molecule has 0 N–H and O–H groups in total. The quantitative estimate of drug-likeness (QED) is 0.752. The summed E-state index contributed by atoms with van der Waals surface area (Å²) in [7, 11) is 0. The highest BCUT2D eigenvalue weighted by atomic mass is 16.7. The first kappa shape index (κ1) is 15.6. The largest absolute Gasteiger partial charge is 0.389 e. The summed E-state index contributed by atoms with van der Waals surface area (Å²) in [5, 5.41) is 6.17. The fourth-order valence-electron chi connectivity index (χ4n) is 2.58. The zero-order valence-corrected chi connectivity index (χ0v) is 13.4. The van der Waals surface area contributed by atoms with E-state index in [2.05, 4.69) is 24.2 Å². The van der Waals surface area contributed by atoms with Gasteiger partial charge in [-0.2, -0.15) is 0 Å². The van der Waals surface area contributed by atoms with E-state index in [0.29, 0.717) is 19.3 Å². The van der Waals surface area contributed by atoms with Gasteiger partial charge in [0, 0.05) is 6.42 Å². The standard InChI is InChI=1S/C19H22N2O2/c1-16-12-13-19(20-22-14-17-8-4-2-5-9-17)21(16)23-15-18-10-6-3-7-11-18/h2-11,16H,12-15H2,1H3/b20-19+. The van der Waals surface area contributed by atoms with Gasteiger partial charge in [0.15, 0.2) is 5.84 Å². The van der Waals surface area contributed by atoms with Gasteiger partial charge in [0.05, 0.1) is 12.6 Å². The molecule has 4 heteroatoms. The van der Waals surface area contributed by atoms with E-state index in [1.165, 1.54) is 0 Å². The highest BCUT2D eigenvalue weighted by Gasteiger charge is 2.27. The molecule has 1 heterocycles. The van der Waals surface area contributed by atoms with Crippen LogP contribution in [0, 0.1) is 0 Å². The maximum absolute atomic E-state index is 5.94. The lowest BCUT2D eigenvalue weighted by Crippen LogP contribution is -2.31. The lowest BCUT2D eigenvalue weighted by atomic mass is 10.2. The summed E-state index contributed by atoms with van der Waals surface area (Å²) >= 11 is 0. The zero-order chi connectivity index (χ0) is 15.9. The SMILES string of the molecule is CC1CC/C(=N\OCc2ccccc2)N1OCc1ccccc1. The Labute approximate surface area is 137 Å². The lowest BCUT2D eigenvalue weighted by molar-refractivity contribution is -0.128. The average molecular weight is 310 g/mol. The van der Waals surface area contributed by atoms with Crippen molar-refractivity contribution >= 4 is 5.84 Å². The van der Waals surface area contributed by atoms with Crippen LogP contribution in [0.3, 0.4) is 0 Å². The lowest BCUT2D eigenvalue weighted by Gasteiger charge is -2.22. The van der Waals surface area contributed by atoms with Crippen molar-refractivity contribution in [1.29, 1.82) is 0 Å². The molecule has 1 atom stereocenters. The Morgan fingerprint density at radius 3 is 2.22 bits per heavy atom. The number of hydrogen-bond acceptors (Lipinski definition) is 3. The van der Waals surface area contributed by atoms with Gasteiger partial charge in [0.1, 0.15) is 6.61 Å². The van der Waals surface area contributed by atoms with Crippen molar-refractivity contribution in [3.63, 3.8) is 0 Å². The van der Waals surface area contributed by atoms with Crippen molar-refractivity contribution in [3.05, 3.63) is 71.8 Å². The van der Waals surface area contributed by atoms with Crippen LogP contribution < -0.4 is 0 Å². The molecule has 4 nitrogen and oxygen atoms in total. The molecule has 1 saturated heterocycles. The van der Waals surface area contributed by atoms with E-state index in [4.69, 9.17) is 9.68 Å². The second-order valence-corrected chi connectivity index (χ2v) is 5.74. The van der Waals surface area contributed by atoms with E-state index in [-0.39, 0.29) is 0 Å². The van der Waals surface area contributed by atoms with Gasteiger partial charge in [-0.1, -0.05) is 65.8 Å². The van der Waals surface area contributed by atoms with Crippen LogP contribution >= 0.6 is 0 Å². The van der Waals surface area contributed by atoms with Crippen molar-refractivity contribution in [2.45, 2.75) is 39.0 Å². The second kappa shape index (κ2) is 7.79. The number of rotatable bonds is 6. The summed E-state index contributed by atoms with van der Waals surface area (Å²) in [5.74, 6) is 0.865. The molecule has 0 aliphatic carbocycles. The molecule has 3 rings (SSSR count). The number of amidine groups is 1. The highest BCUT2D eigenvalue weighted by Crippen LogP contribution is 2.21. The number of benzene rings is 2. The van der Waals surface area contributed by atoms with E-state index in [9.17, 15) is 0 Å².